The van der Waals surface area contributed by atoms with E-state index in [0.29, 0.717) is 23.1 Å². The molecule has 1 N–H and O–H groups in total. The van der Waals surface area contributed by atoms with Crippen LogP contribution in [0.3, 0.4) is 0 Å². The highest BCUT2D eigenvalue weighted by Crippen LogP contribution is 2.21. The maximum Gasteiger partial charge on any atom is 0.412 e. The molecule has 0 aliphatic rings. The Morgan fingerprint density at radius 3 is 2.86 bits per heavy atom. The van der Waals surface area contributed by atoms with E-state index in [2.05, 4.69) is 10.3 Å². The number of ether oxygens (including phenoxy) is 1. The zero-order valence-electron chi connectivity index (χ0n) is 16.0. The highest BCUT2D eigenvalue weighted by atomic mass is 35.5. The largest absolute Gasteiger partial charge is 0.447 e. The molecule has 0 spiro atoms. The lowest BCUT2D eigenvalue weighted by molar-refractivity contribution is -0.130. The smallest absolute Gasteiger partial charge is 0.412 e. The van der Waals surface area contributed by atoms with Gasteiger partial charge in [-0.25, -0.2) is 14.2 Å². The molecule has 1 heterocycles. The lowest BCUT2D eigenvalue weighted by atomic mass is 10.1. The number of nitriles is 1. The van der Waals surface area contributed by atoms with Gasteiger partial charge in [-0.3, -0.25) is 10.1 Å². The number of amides is 2. The molecule has 7 nitrogen and oxygen atoms in total. The summed E-state index contributed by atoms with van der Waals surface area (Å²) in [4.78, 5) is 29.4. The van der Waals surface area contributed by atoms with Crippen molar-refractivity contribution in [3.63, 3.8) is 0 Å². The van der Waals surface area contributed by atoms with Crippen molar-refractivity contribution in [2.24, 2.45) is 0 Å². The molecule has 2 aromatic rings. The van der Waals surface area contributed by atoms with Crippen molar-refractivity contribution >= 4 is 29.4 Å². The Morgan fingerprint density at radius 1 is 1.41 bits per heavy atom. The molecule has 1 aromatic heterocycles. The SMILES string of the molecule is Cc1cc(NC(=O)OCCN(C)C(=O)CCc2cccc(F)c2Cl)ncc1C#N. The van der Waals surface area contributed by atoms with Crippen LogP contribution in [0.5, 0.6) is 0 Å². The molecule has 0 aliphatic heterocycles. The Labute approximate surface area is 173 Å². The molecule has 0 unspecified atom stereocenters. The van der Waals surface area contributed by atoms with E-state index in [-0.39, 0.29) is 36.3 Å². The van der Waals surface area contributed by atoms with Crippen LogP contribution in [-0.4, -0.2) is 42.1 Å². The van der Waals surface area contributed by atoms with Crippen LogP contribution in [0.15, 0.2) is 30.5 Å². The van der Waals surface area contributed by atoms with Gasteiger partial charge in [0.2, 0.25) is 5.91 Å². The van der Waals surface area contributed by atoms with E-state index in [1.54, 1.807) is 32.2 Å². The summed E-state index contributed by atoms with van der Waals surface area (Å²) in [7, 11) is 1.59. The van der Waals surface area contributed by atoms with Crippen LogP contribution in [0, 0.1) is 24.1 Å². The number of nitrogens with zero attached hydrogens (tertiary/aromatic N) is 3. The number of benzene rings is 1. The average Bonchev–Trinajstić information content (AvgIpc) is 2.69. The minimum Gasteiger partial charge on any atom is -0.447 e. The van der Waals surface area contributed by atoms with Crippen molar-refractivity contribution in [2.75, 3.05) is 25.5 Å². The van der Waals surface area contributed by atoms with E-state index in [0.717, 1.165) is 0 Å². The van der Waals surface area contributed by atoms with E-state index < -0.39 is 11.9 Å². The average molecular weight is 419 g/mol. The molecule has 2 amide bonds. The number of anilines is 1. The number of hydrogen-bond acceptors (Lipinski definition) is 5. The van der Waals surface area contributed by atoms with Gasteiger partial charge in [0.15, 0.2) is 0 Å². The minimum atomic E-state index is -0.714. The van der Waals surface area contributed by atoms with Gasteiger partial charge >= 0.3 is 6.09 Å². The topological polar surface area (TPSA) is 95.3 Å². The van der Waals surface area contributed by atoms with Crippen LogP contribution >= 0.6 is 11.6 Å². The van der Waals surface area contributed by atoms with Crippen molar-refractivity contribution in [3.8, 4) is 6.07 Å². The van der Waals surface area contributed by atoms with E-state index >= 15 is 0 Å². The third-order valence-electron chi connectivity index (χ3n) is 4.19. The van der Waals surface area contributed by atoms with Crippen LogP contribution in [-0.2, 0) is 16.0 Å². The minimum absolute atomic E-state index is 0.00987. The molecule has 1 aromatic carbocycles. The first-order chi connectivity index (χ1) is 13.8. The zero-order chi connectivity index (χ0) is 21.4. The predicted octanol–water partition coefficient (Wildman–Crippen LogP) is 3.69. The third kappa shape index (κ3) is 6.43. The number of rotatable bonds is 7. The monoisotopic (exact) mass is 418 g/mol. The molecule has 0 saturated carbocycles. The van der Waals surface area contributed by atoms with Crippen molar-refractivity contribution in [1.29, 1.82) is 5.26 Å². The number of carbonyl (C=O) groups excluding carboxylic acids is 2. The first kappa shape index (κ1) is 22.1. The van der Waals surface area contributed by atoms with Crippen molar-refractivity contribution < 1.29 is 18.7 Å². The second-order valence-corrected chi connectivity index (χ2v) is 6.66. The third-order valence-corrected chi connectivity index (χ3v) is 4.61. The summed E-state index contributed by atoms with van der Waals surface area (Å²) in [5.74, 6) is -0.432. The maximum absolute atomic E-state index is 13.4. The molecule has 2 rings (SSSR count). The van der Waals surface area contributed by atoms with Crippen LogP contribution < -0.4 is 5.32 Å². The normalized spacial score (nSPS) is 10.2. The van der Waals surface area contributed by atoms with Crippen LogP contribution in [0.25, 0.3) is 0 Å². The summed E-state index contributed by atoms with van der Waals surface area (Å²) >= 11 is 5.88. The summed E-state index contributed by atoms with van der Waals surface area (Å²) in [6.07, 6.45) is 1.11. The number of pyridine rings is 1. The van der Waals surface area contributed by atoms with Gasteiger partial charge in [-0.1, -0.05) is 23.7 Å². The van der Waals surface area contributed by atoms with Gasteiger partial charge in [0, 0.05) is 19.7 Å². The first-order valence-corrected chi connectivity index (χ1v) is 9.17. The maximum atomic E-state index is 13.4. The lowest BCUT2D eigenvalue weighted by Gasteiger charge is -2.17. The number of hydrogen-bond donors (Lipinski definition) is 1. The highest BCUT2D eigenvalue weighted by Gasteiger charge is 2.13. The van der Waals surface area contributed by atoms with Gasteiger partial charge in [0.25, 0.3) is 0 Å². The molecule has 152 valence electrons. The molecule has 29 heavy (non-hydrogen) atoms. The lowest BCUT2D eigenvalue weighted by Crippen LogP contribution is -2.31. The van der Waals surface area contributed by atoms with Gasteiger partial charge < -0.3 is 9.64 Å². The molecule has 0 fully saturated rings. The molecule has 0 radical (unpaired) electrons. The fraction of sp³-hybridized carbons (Fsp3) is 0.300. The molecule has 9 heteroatoms. The van der Waals surface area contributed by atoms with E-state index in [9.17, 15) is 14.0 Å². The summed E-state index contributed by atoms with van der Waals surface area (Å²) in [5.41, 5.74) is 1.67. The van der Waals surface area contributed by atoms with E-state index in [1.165, 1.54) is 17.2 Å². The van der Waals surface area contributed by atoms with Crippen molar-refractivity contribution in [3.05, 3.63) is 58.0 Å². The molecular weight excluding hydrogens is 399 g/mol. The Bertz CT molecular complexity index is 946. The highest BCUT2D eigenvalue weighted by molar-refractivity contribution is 6.31. The molecule has 0 bridgehead atoms. The van der Waals surface area contributed by atoms with Gasteiger partial charge in [0.05, 0.1) is 17.1 Å². The van der Waals surface area contributed by atoms with Gasteiger partial charge in [0.1, 0.15) is 24.3 Å². The summed E-state index contributed by atoms with van der Waals surface area (Å²) < 4.78 is 18.5. The summed E-state index contributed by atoms with van der Waals surface area (Å²) in [6, 6.07) is 8.03. The Balaban J connectivity index is 1.74. The Morgan fingerprint density at radius 2 is 2.17 bits per heavy atom. The number of carbonyl (C=O) groups is 2. The summed E-state index contributed by atoms with van der Waals surface area (Å²) in [5, 5.41) is 11.4. The zero-order valence-corrected chi connectivity index (χ0v) is 16.8. The Hall–Kier alpha value is -3.18. The van der Waals surface area contributed by atoms with E-state index in [4.69, 9.17) is 21.6 Å². The fourth-order valence-corrected chi connectivity index (χ4v) is 2.68. The number of aryl methyl sites for hydroxylation is 2. The van der Waals surface area contributed by atoms with Crippen LogP contribution in [0.4, 0.5) is 15.0 Å². The standard InChI is InChI=1S/C20H20ClFN4O3/c1-13-10-17(24-12-15(13)11-23)25-20(28)29-9-8-26(2)18(27)7-6-14-4-3-5-16(22)19(14)21/h3-5,10,12H,6-9H2,1-2H3,(H,24,25,28). The van der Waals surface area contributed by atoms with Crippen LogP contribution in [0.1, 0.15) is 23.1 Å². The molecule has 0 saturated heterocycles. The number of nitrogens with one attached hydrogen (secondary N) is 1. The van der Waals surface area contributed by atoms with Gasteiger partial charge in [-0.15, -0.1) is 0 Å². The first-order valence-electron chi connectivity index (χ1n) is 8.79. The van der Waals surface area contributed by atoms with Crippen LogP contribution in [0.2, 0.25) is 5.02 Å². The molecule has 0 atom stereocenters. The molecule has 0 aliphatic carbocycles. The van der Waals surface area contributed by atoms with Crippen molar-refractivity contribution in [1.82, 2.24) is 9.88 Å². The van der Waals surface area contributed by atoms with Crippen molar-refractivity contribution in [2.45, 2.75) is 19.8 Å². The Kier molecular flexibility index (Phi) is 7.92. The second kappa shape index (κ2) is 10.4. The number of aromatic nitrogens is 1. The van der Waals surface area contributed by atoms with Gasteiger partial charge in [-0.2, -0.15) is 5.26 Å². The van der Waals surface area contributed by atoms with Gasteiger partial charge in [-0.05, 0) is 36.6 Å². The van der Waals surface area contributed by atoms with E-state index in [1.807, 2.05) is 6.07 Å². The second-order valence-electron chi connectivity index (χ2n) is 6.29. The quantitative estimate of drug-likeness (QED) is 0.739. The number of likely N-dealkylation sites (N-methyl/N-ethyl adjacent to an activating group) is 1. The predicted molar refractivity (Wildman–Crippen MR) is 106 cm³/mol. The summed E-state index contributed by atoms with van der Waals surface area (Å²) in [6.45, 7) is 1.92. The fourth-order valence-electron chi connectivity index (χ4n) is 2.46. The number of halogens is 2. The molecular formula is C20H20ClFN4O3.